The van der Waals surface area contributed by atoms with E-state index in [1.165, 1.54) is 19.4 Å². The van der Waals surface area contributed by atoms with Crippen LogP contribution in [0.4, 0.5) is 0 Å². The Morgan fingerprint density at radius 1 is 1.12 bits per heavy atom. The Morgan fingerprint density at radius 2 is 1.84 bits per heavy atom. The van der Waals surface area contributed by atoms with Crippen LogP contribution in [0.1, 0.15) is 11.1 Å². The van der Waals surface area contributed by atoms with Crippen LogP contribution in [0.3, 0.4) is 0 Å². The topological polar surface area (TPSA) is 77.4 Å². The molecule has 0 unspecified atom stereocenters. The molecule has 0 amide bonds. The minimum atomic E-state index is -0.557. The first-order valence-corrected chi connectivity index (χ1v) is 7.95. The van der Waals surface area contributed by atoms with Gasteiger partial charge in [-0.25, -0.2) is 4.79 Å². The van der Waals surface area contributed by atoms with E-state index < -0.39 is 5.97 Å². The van der Waals surface area contributed by atoms with E-state index in [4.69, 9.17) is 19.4 Å². The van der Waals surface area contributed by atoms with E-state index >= 15 is 0 Å². The summed E-state index contributed by atoms with van der Waals surface area (Å²) in [6, 6.07) is 10.5. The molecule has 0 fully saturated rings. The van der Waals surface area contributed by atoms with E-state index in [-0.39, 0.29) is 5.75 Å². The summed E-state index contributed by atoms with van der Waals surface area (Å²) < 4.78 is 16.1. The minimum absolute atomic E-state index is 0.238. The average molecular weight is 406 g/mol. The molecule has 0 radical (unpaired) electrons. The maximum absolute atomic E-state index is 12.1. The van der Waals surface area contributed by atoms with Crippen molar-refractivity contribution in [2.45, 2.75) is 0 Å². The van der Waals surface area contributed by atoms with Crippen molar-refractivity contribution in [3.8, 4) is 17.2 Å². The highest BCUT2D eigenvalue weighted by Gasteiger charge is 2.14. The van der Waals surface area contributed by atoms with Crippen molar-refractivity contribution in [1.82, 2.24) is 0 Å². The summed E-state index contributed by atoms with van der Waals surface area (Å²) >= 11 is 3.31. The van der Waals surface area contributed by atoms with Gasteiger partial charge in [-0.05, 0) is 51.8 Å². The molecule has 0 aliphatic heterocycles. The van der Waals surface area contributed by atoms with Crippen LogP contribution in [0, 0.1) is 0 Å². The van der Waals surface area contributed by atoms with Gasteiger partial charge < -0.3 is 19.4 Å². The average Bonchev–Trinajstić information content (AvgIpc) is 2.62. The van der Waals surface area contributed by atoms with Crippen LogP contribution in [0.2, 0.25) is 0 Å². The molecule has 2 aromatic carbocycles. The zero-order chi connectivity index (χ0) is 18.2. The van der Waals surface area contributed by atoms with Gasteiger partial charge in [0.25, 0.3) is 0 Å². The lowest BCUT2D eigenvalue weighted by Gasteiger charge is -2.11. The number of nitrogens with zero attached hydrogens (tertiary/aromatic N) is 1. The lowest BCUT2D eigenvalue weighted by Crippen LogP contribution is -2.06. The van der Waals surface area contributed by atoms with Gasteiger partial charge in [0.15, 0.2) is 11.5 Å². The summed E-state index contributed by atoms with van der Waals surface area (Å²) in [6.07, 6.45) is 4.19. The van der Waals surface area contributed by atoms with Crippen molar-refractivity contribution in [3.05, 3.63) is 58.1 Å². The van der Waals surface area contributed by atoms with Crippen LogP contribution in [-0.4, -0.2) is 31.6 Å². The lowest BCUT2D eigenvalue weighted by molar-refractivity contribution is -0.129. The highest BCUT2D eigenvalue weighted by atomic mass is 79.9. The second kappa shape index (κ2) is 8.89. The van der Waals surface area contributed by atoms with E-state index in [0.717, 1.165) is 11.3 Å². The predicted octanol–water partition coefficient (Wildman–Crippen LogP) is 3.89. The van der Waals surface area contributed by atoms with Crippen LogP contribution in [-0.2, 0) is 4.79 Å². The summed E-state index contributed by atoms with van der Waals surface area (Å²) in [5.41, 5.74) is 1.41. The maximum Gasteiger partial charge on any atom is 0.336 e. The minimum Gasteiger partial charge on any atom is -0.497 e. The van der Waals surface area contributed by atoms with Gasteiger partial charge in [0.05, 0.1) is 24.9 Å². The zero-order valence-corrected chi connectivity index (χ0v) is 15.2. The predicted molar refractivity (Wildman–Crippen MR) is 97.7 cm³/mol. The number of benzene rings is 2. The molecule has 2 rings (SSSR count). The smallest absolute Gasteiger partial charge is 0.336 e. The fourth-order valence-corrected chi connectivity index (χ4v) is 2.53. The van der Waals surface area contributed by atoms with E-state index in [1.54, 1.807) is 37.5 Å². The number of carbonyl (C=O) groups excluding carboxylic acids is 1. The maximum atomic E-state index is 12.1. The first kappa shape index (κ1) is 18.5. The molecule has 0 bridgehead atoms. The van der Waals surface area contributed by atoms with Gasteiger partial charge in [-0.2, -0.15) is 0 Å². The molecule has 7 heteroatoms. The van der Waals surface area contributed by atoms with Crippen molar-refractivity contribution in [2.24, 2.45) is 5.16 Å². The SMILES string of the molecule is COc1ccc(C=CC(=O)Oc2c(Br)cc(/C=N/O)cc2OC)cc1. The molecule has 0 saturated heterocycles. The van der Waals surface area contributed by atoms with Crippen molar-refractivity contribution in [2.75, 3.05) is 14.2 Å². The Labute approximate surface area is 153 Å². The molecule has 0 atom stereocenters. The monoisotopic (exact) mass is 405 g/mol. The largest absolute Gasteiger partial charge is 0.497 e. The van der Waals surface area contributed by atoms with Crippen LogP contribution in [0.15, 0.2) is 52.1 Å². The Kier molecular flexibility index (Phi) is 6.59. The van der Waals surface area contributed by atoms with Crippen LogP contribution >= 0.6 is 15.9 Å². The first-order valence-electron chi connectivity index (χ1n) is 7.16. The first-order chi connectivity index (χ1) is 12.1. The number of hydrogen-bond donors (Lipinski definition) is 1. The molecular formula is C18H16BrNO5. The lowest BCUT2D eigenvalue weighted by atomic mass is 10.2. The molecule has 25 heavy (non-hydrogen) atoms. The van der Waals surface area contributed by atoms with Crippen molar-refractivity contribution in [3.63, 3.8) is 0 Å². The molecule has 0 spiro atoms. The third-order valence-electron chi connectivity index (χ3n) is 3.19. The quantitative estimate of drug-likeness (QED) is 0.197. The summed E-state index contributed by atoms with van der Waals surface area (Å²) in [5.74, 6) is 0.746. The van der Waals surface area contributed by atoms with Crippen LogP contribution in [0.25, 0.3) is 6.08 Å². The van der Waals surface area contributed by atoms with E-state index in [2.05, 4.69) is 21.1 Å². The number of ether oxygens (including phenoxy) is 3. The third kappa shape index (κ3) is 5.09. The molecule has 0 aromatic heterocycles. The number of oxime groups is 1. The fourth-order valence-electron chi connectivity index (χ4n) is 1.99. The van der Waals surface area contributed by atoms with Gasteiger partial charge in [-0.15, -0.1) is 0 Å². The van der Waals surface area contributed by atoms with Crippen molar-refractivity contribution < 1.29 is 24.2 Å². The summed E-state index contributed by atoms with van der Waals surface area (Å²) in [5, 5.41) is 11.6. The van der Waals surface area contributed by atoms with E-state index in [0.29, 0.717) is 15.8 Å². The van der Waals surface area contributed by atoms with Gasteiger partial charge in [0.1, 0.15) is 5.75 Å². The van der Waals surface area contributed by atoms with Gasteiger partial charge in [-0.1, -0.05) is 17.3 Å². The molecule has 0 heterocycles. The third-order valence-corrected chi connectivity index (χ3v) is 3.78. The standard InChI is InChI=1S/C18H16BrNO5/c1-23-14-6-3-12(4-7-14)5-8-17(21)25-18-15(19)9-13(11-20-22)10-16(18)24-2/h3-11,22H,1-2H3/b8-5?,20-11+. The van der Waals surface area contributed by atoms with E-state index in [1.807, 2.05) is 12.1 Å². The fraction of sp³-hybridized carbons (Fsp3) is 0.111. The Morgan fingerprint density at radius 3 is 2.44 bits per heavy atom. The van der Waals surface area contributed by atoms with Gasteiger partial charge in [0.2, 0.25) is 0 Å². The van der Waals surface area contributed by atoms with Gasteiger partial charge in [-0.3, -0.25) is 0 Å². The normalized spacial score (nSPS) is 11.0. The zero-order valence-electron chi connectivity index (χ0n) is 13.6. The van der Waals surface area contributed by atoms with Crippen LogP contribution in [0.5, 0.6) is 17.2 Å². The molecule has 1 N–H and O–H groups in total. The van der Waals surface area contributed by atoms with Gasteiger partial charge >= 0.3 is 5.97 Å². The van der Waals surface area contributed by atoms with E-state index in [9.17, 15) is 4.79 Å². The summed E-state index contributed by atoms with van der Waals surface area (Å²) in [4.78, 5) is 12.1. The highest BCUT2D eigenvalue weighted by Crippen LogP contribution is 2.36. The Hall–Kier alpha value is -2.80. The molecular weight excluding hydrogens is 390 g/mol. The summed E-state index contributed by atoms with van der Waals surface area (Å²) in [7, 11) is 3.04. The van der Waals surface area contributed by atoms with Crippen molar-refractivity contribution >= 4 is 34.2 Å². The number of methoxy groups -OCH3 is 2. The number of hydrogen-bond acceptors (Lipinski definition) is 6. The number of carbonyl (C=O) groups is 1. The van der Waals surface area contributed by atoms with Gasteiger partial charge in [0, 0.05) is 11.6 Å². The molecule has 2 aromatic rings. The summed E-state index contributed by atoms with van der Waals surface area (Å²) in [6.45, 7) is 0. The number of rotatable bonds is 6. The molecule has 0 aliphatic carbocycles. The Bertz CT molecular complexity index is 800. The molecule has 0 saturated carbocycles. The van der Waals surface area contributed by atoms with Crippen molar-refractivity contribution in [1.29, 1.82) is 0 Å². The second-order valence-electron chi connectivity index (χ2n) is 4.81. The number of halogens is 1. The molecule has 0 aliphatic rings. The van der Waals surface area contributed by atoms with Crippen LogP contribution < -0.4 is 14.2 Å². The molecule has 130 valence electrons. The number of esters is 1. The Balaban J connectivity index is 2.15. The molecule has 6 nitrogen and oxygen atoms in total. The second-order valence-corrected chi connectivity index (χ2v) is 5.66. The highest BCUT2D eigenvalue weighted by molar-refractivity contribution is 9.10.